The van der Waals surface area contributed by atoms with E-state index in [-0.39, 0.29) is 16.9 Å². The molecule has 2 heterocycles. The lowest BCUT2D eigenvalue weighted by atomic mass is 9.97. The van der Waals surface area contributed by atoms with Crippen LogP contribution in [0.15, 0.2) is 24.5 Å². The van der Waals surface area contributed by atoms with Gasteiger partial charge in [0.2, 0.25) is 0 Å². The maximum Gasteiger partial charge on any atom is 0.309 e. The SMILES string of the molecule is CCOC(=O)C1CCN(c2ncnc(Nc3ccc(F)c(Cl)c3)c2N)CC1. The molecule has 1 aliphatic rings. The number of nitrogens with zero attached hydrogens (tertiary/aromatic N) is 3. The van der Waals surface area contributed by atoms with E-state index in [4.69, 9.17) is 22.1 Å². The van der Waals surface area contributed by atoms with Crippen LogP contribution in [0.5, 0.6) is 0 Å². The van der Waals surface area contributed by atoms with Gasteiger partial charge in [0.25, 0.3) is 0 Å². The van der Waals surface area contributed by atoms with Gasteiger partial charge in [0.1, 0.15) is 17.8 Å². The highest BCUT2D eigenvalue weighted by Crippen LogP contribution is 2.32. The van der Waals surface area contributed by atoms with E-state index < -0.39 is 5.82 Å². The number of nitrogens with two attached hydrogens (primary N) is 1. The van der Waals surface area contributed by atoms with Crippen LogP contribution in [0.25, 0.3) is 0 Å². The molecule has 0 bridgehead atoms. The molecule has 0 radical (unpaired) electrons. The summed E-state index contributed by atoms with van der Waals surface area (Å²) in [5.74, 6) is 0.271. The van der Waals surface area contributed by atoms with Crippen molar-refractivity contribution in [3.05, 3.63) is 35.4 Å². The van der Waals surface area contributed by atoms with Crippen LogP contribution < -0.4 is 16.0 Å². The molecule has 1 aliphatic heterocycles. The number of carbonyl (C=O) groups is 1. The average molecular weight is 394 g/mol. The van der Waals surface area contributed by atoms with Crippen molar-refractivity contribution in [1.82, 2.24) is 9.97 Å². The molecule has 0 atom stereocenters. The van der Waals surface area contributed by atoms with Gasteiger partial charge in [0, 0.05) is 18.8 Å². The molecule has 2 aromatic rings. The third kappa shape index (κ3) is 4.39. The summed E-state index contributed by atoms with van der Waals surface area (Å²) in [5, 5.41) is 3.04. The zero-order chi connectivity index (χ0) is 19.4. The van der Waals surface area contributed by atoms with Gasteiger partial charge in [-0.25, -0.2) is 14.4 Å². The second-order valence-corrected chi connectivity index (χ2v) is 6.63. The van der Waals surface area contributed by atoms with Crippen molar-refractivity contribution in [1.29, 1.82) is 0 Å². The molecule has 3 rings (SSSR count). The second-order valence-electron chi connectivity index (χ2n) is 6.23. The van der Waals surface area contributed by atoms with Gasteiger partial charge in [0.15, 0.2) is 11.6 Å². The van der Waals surface area contributed by atoms with Gasteiger partial charge in [-0.1, -0.05) is 11.6 Å². The molecule has 0 saturated carbocycles. The molecule has 144 valence electrons. The second kappa shape index (κ2) is 8.39. The molecule has 0 spiro atoms. The number of anilines is 4. The first-order chi connectivity index (χ1) is 13.0. The van der Waals surface area contributed by atoms with Crippen molar-refractivity contribution < 1.29 is 13.9 Å². The summed E-state index contributed by atoms with van der Waals surface area (Å²) in [6, 6.07) is 4.28. The number of benzene rings is 1. The Morgan fingerprint density at radius 1 is 1.41 bits per heavy atom. The Morgan fingerprint density at radius 3 is 2.81 bits per heavy atom. The van der Waals surface area contributed by atoms with E-state index in [9.17, 15) is 9.18 Å². The Balaban J connectivity index is 1.72. The van der Waals surface area contributed by atoms with Crippen molar-refractivity contribution in [2.45, 2.75) is 19.8 Å². The number of esters is 1. The minimum Gasteiger partial charge on any atom is -0.466 e. The number of aromatic nitrogens is 2. The number of nitrogen functional groups attached to an aromatic ring is 1. The maximum absolute atomic E-state index is 13.3. The predicted octanol–water partition coefficient (Wildman–Crippen LogP) is 3.37. The van der Waals surface area contributed by atoms with E-state index in [1.54, 1.807) is 13.0 Å². The molecule has 0 unspecified atom stereocenters. The Hall–Kier alpha value is -2.61. The lowest BCUT2D eigenvalue weighted by Crippen LogP contribution is -2.37. The zero-order valence-corrected chi connectivity index (χ0v) is 15.7. The number of rotatable bonds is 5. The Labute approximate surface area is 161 Å². The van der Waals surface area contributed by atoms with Gasteiger partial charge in [-0.15, -0.1) is 0 Å². The Kier molecular flexibility index (Phi) is 5.95. The molecular formula is C18H21ClFN5O2. The lowest BCUT2D eigenvalue weighted by Gasteiger charge is -2.32. The normalized spacial score (nSPS) is 14.9. The summed E-state index contributed by atoms with van der Waals surface area (Å²) in [5.41, 5.74) is 7.19. The summed E-state index contributed by atoms with van der Waals surface area (Å²) < 4.78 is 18.4. The first-order valence-corrected chi connectivity index (χ1v) is 9.11. The predicted molar refractivity (Wildman–Crippen MR) is 103 cm³/mol. The smallest absolute Gasteiger partial charge is 0.309 e. The topological polar surface area (TPSA) is 93.4 Å². The molecule has 0 amide bonds. The summed E-state index contributed by atoms with van der Waals surface area (Å²) in [7, 11) is 0. The maximum atomic E-state index is 13.3. The number of ether oxygens (including phenoxy) is 1. The fourth-order valence-corrected chi connectivity index (χ4v) is 3.22. The number of piperidine rings is 1. The summed E-state index contributed by atoms with van der Waals surface area (Å²) in [4.78, 5) is 22.4. The molecule has 3 N–H and O–H groups in total. The van der Waals surface area contributed by atoms with Crippen LogP contribution in [-0.4, -0.2) is 35.6 Å². The Morgan fingerprint density at radius 2 is 2.15 bits per heavy atom. The van der Waals surface area contributed by atoms with E-state index in [1.165, 1.54) is 18.5 Å². The highest BCUT2D eigenvalue weighted by atomic mass is 35.5. The van der Waals surface area contributed by atoms with Crippen molar-refractivity contribution >= 4 is 40.6 Å². The number of carbonyl (C=O) groups excluding carboxylic acids is 1. The Bertz CT molecular complexity index is 827. The van der Waals surface area contributed by atoms with Crippen LogP contribution in [0.1, 0.15) is 19.8 Å². The first kappa shape index (κ1) is 19.2. The summed E-state index contributed by atoms with van der Waals surface area (Å²) in [6.45, 7) is 3.48. The fourth-order valence-electron chi connectivity index (χ4n) is 3.04. The van der Waals surface area contributed by atoms with Crippen LogP contribution in [0.2, 0.25) is 5.02 Å². The summed E-state index contributed by atoms with van der Waals surface area (Å²) in [6.07, 6.45) is 2.77. The van der Waals surface area contributed by atoms with E-state index in [0.717, 1.165) is 0 Å². The number of nitrogens with one attached hydrogen (secondary N) is 1. The van der Waals surface area contributed by atoms with Gasteiger partial charge in [0.05, 0.1) is 17.5 Å². The van der Waals surface area contributed by atoms with Crippen LogP contribution in [0.4, 0.5) is 27.4 Å². The van der Waals surface area contributed by atoms with Crippen LogP contribution in [0.3, 0.4) is 0 Å². The van der Waals surface area contributed by atoms with Gasteiger partial charge >= 0.3 is 5.97 Å². The fraction of sp³-hybridized carbons (Fsp3) is 0.389. The van der Waals surface area contributed by atoms with E-state index in [1.807, 2.05) is 4.90 Å². The van der Waals surface area contributed by atoms with Crippen molar-refractivity contribution in [2.24, 2.45) is 5.92 Å². The largest absolute Gasteiger partial charge is 0.466 e. The molecule has 1 saturated heterocycles. The molecule has 0 aliphatic carbocycles. The van der Waals surface area contributed by atoms with Gasteiger partial charge in [-0.2, -0.15) is 0 Å². The van der Waals surface area contributed by atoms with E-state index >= 15 is 0 Å². The number of hydrogen-bond donors (Lipinski definition) is 2. The molecule has 9 heteroatoms. The van der Waals surface area contributed by atoms with Gasteiger partial charge < -0.3 is 20.7 Å². The molecule has 1 aromatic carbocycles. The van der Waals surface area contributed by atoms with Gasteiger partial charge in [-0.3, -0.25) is 4.79 Å². The minimum atomic E-state index is -0.497. The van der Waals surface area contributed by atoms with Crippen molar-refractivity contribution in [3.63, 3.8) is 0 Å². The third-order valence-electron chi connectivity index (χ3n) is 4.46. The lowest BCUT2D eigenvalue weighted by molar-refractivity contribution is -0.148. The molecule has 7 nitrogen and oxygen atoms in total. The monoisotopic (exact) mass is 393 g/mol. The summed E-state index contributed by atoms with van der Waals surface area (Å²) >= 11 is 5.81. The molecule has 1 aromatic heterocycles. The van der Waals surface area contributed by atoms with E-state index in [2.05, 4.69) is 15.3 Å². The quantitative estimate of drug-likeness (QED) is 0.752. The van der Waals surface area contributed by atoms with Gasteiger partial charge in [-0.05, 0) is 38.0 Å². The highest BCUT2D eigenvalue weighted by molar-refractivity contribution is 6.31. The number of hydrogen-bond acceptors (Lipinski definition) is 7. The number of halogens is 2. The van der Waals surface area contributed by atoms with Crippen LogP contribution in [0, 0.1) is 11.7 Å². The molecule has 1 fully saturated rings. The van der Waals surface area contributed by atoms with Crippen LogP contribution >= 0.6 is 11.6 Å². The highest BCUT2D eigenvalue weighted by Gasteiger charge is 2.28. The standard InChI is InChI=1S/C18H21ClFN5O2/c1-2-27-18(26)11-5-7-25(8-6-11)17-15(21)16(22-10-23-17)24-12-3-4-14(20)13(19)9-12/h3-4,9-11H,2,5-8,21H2,1H3,(H,22,23,24). The first-order valence-electron chi connectivity index (χ1n) is 8.73. The average Bonchev–Trinajstić information content (AvgIpc) is 2.67. The molecule has 27 heavy (non-hydrogen) atoms. The zero-order valence-electron chi connectivity index (χ0n) is 14.9. The van der Waals surface area contributed by atoms with Crippen molar-refractivity contribution in [3.8, 4) is 0 Å². The van der Waals surface area contributed by atoms with E-state index in [0.29, 0.717) is 55.5 Å². The minimum absolute atomic E-state index is 0.00823. The van der Waals surface area contributed by atoms with Crippen LogP contribution in [-0.2, 0) is 9.53 Å². The third-order valence-corrected chi connectivity index (χ3v) is 4.75. The van der Waals surface area contributed by atoms with Crippen molar-refractivity contribution in [2.75, 3.05) is 35.6 Å². The molecular weight excluding hydrogens is 373 g/mol.